The Morgan fingerprint density at radius 3 is 2.42 bits per heavy atom. The quantitative estimate of drug-likeness (QED) is 0.734. The highest BCUT2D eigenvalue weighted by Gasteiger charge is 2.19. The molecule has 0 amide bonds. The van der Waals surface area contributed by atoms with E-state index >= 15 is 0 Å². The van der Waals surface area contributed by atoms with Crippen molar-refractivity contribution < 1.29 is 4.74 Å². The van der Waals surface area contributed by atoms with E-state index in [0.717, 1.165) is 25.6 Å². The molecule has 0 spiro atoms. The zero-order chi connectivity index (χ0) is 14.1. The van der Waals surface area contributed by atoms with Crippen molar-refractivity contribution in [2.45, 2.75) is 46.5 Å². The molecule has 3 heteroatoms. The summed E-state index contributed by atoms with van der Waals surface area (Å²) in [6.07, 6.45) is 5.22. The molecule has 0 bridgehead atoms. The molecule has 1 aliphatic heterocycles. The Kier molecular flexibility index (Phi) is 7.96. The van der Waals surface area contributed by atoms with Crippen molar-refractivity contribution in [2.24, 2.45) is 11.3 Å². The van der Waals surface area contributed by atoms with Crippen LogP contribution in [0, 0.1) is 11.3 Å². The van der Waals surface area contributed by atoms with Crippen LogP contribution in [0.1, 0.15) is 46.5 Å². The van der Waals surface area contributed by atoms with Crippen molar-refractivity contribution in [1.82, 2.24) is 10.2 Å². The number of rotatable bonds is 8. The zero-order valence-corrected chi connectivity index (χ0v) is 13.5. The molecule has 3 nitrogen and oxygen atoms in total. The molecule has 1 N–H and O–H groups in total. The van der Waals surface area contributed by atoms with E-state index in [1.54, 1.807) is 0 Å². The predicted octanol–water partition coefficient (Wildman–Crippen LogP) is 2.76. The van der Waals surface area contributed by atoms with Crippen molar-refractivity contribution in [3.05, 3.63) is 0 Å². The highest BCUT2D eigenvalue weighted by atomic mass is 16.5. The molecule has 0 aromatic rings. The normalized spacial score (nSPS) is 19.6. The number of nitrogens with zero attached hydrogens (tertiary/aromatic N) is 1. The Bertz CT molecular complexity index is 219. The fraction of sp³-hybridized carbons (Fsp3) is 1.00. The Morgan fingerprint density at radius 2 is 1.84 bits per heavy atom. The van der Waals surface area contributed by atoms with Gasteiger partial charge in [0.1, 0.15) is 0 Å². The summed E-state index contributed by atoms with van der Waals surface area (Å²) in [5, 5.41) is 3.41. The lowest BCUT2D eigenvalue weighted by Gasteiger charge is -2.29. The van der Waals surface area contributed by atoms with E-state index < -0.39 is 0 Å². The summed E-state index contributed by atoms with van der Waals surface area (Å²) >= 11 is 0. The molecule has 19 heavy (non-hydrogen) atoms. The molecule has 114 valence electrons. The van der Waals surface area contributed by atoms with Crippen LogP contribution in [0.2, 0.25) is 0 Å². The van der Waals surface area contributed by atoms with Crippen LogP contribution in [0.5, 0.6) is 0 Å². The minimum atomic E-state index is 0.438. The van der Waals surface area contributed by atoms with Gasteiger partial charge in [-0.2, -0.15) is 0 Å². The summed E-state index contributed by atoms with van der Waals surface area (Å²) in [5.74, 6) is 0.822. The van der Waals surface area contributed by atoms with Gasteiger partial charge in [0.05, 0.1) is 0 Å². The van der Waals surface area contributed by atoms with Crippen LogP contribution >= 0.6 is 0 Å². The lowest BCUT2D eigenvalue weighted by molar-refractivity contribution is 0.153. The zero-order valence-electron chi connectivity index (χ0n) is 13.5. The summed E-state index contributed by atoms with van der Waals surface area (Å²) in [6.45, 7) is 14.0. The summed E-state index contributed by atoms with van der Waals surface area (Å²) in [5.41, 5.74) is 0.438. The number of hydrogen-bond donors (Lipinski definition) is 1. The Hall–Kier alpha value is -0.120. The van der Waals surface area contributed by atoms with Gasteiger partial charge in [-0.15, -0.1) is 0 Å². The first-order valence-electron chi connectivity index (χ1n) is 7.93. The van der Waals surface area contributed by atoms with E-state index in [1.165, 1.54) is 45.3 Å². The van der Waals surface area contributed by atoms with Crippen molar-refractivity contribution in [3.8, 4) is 0 Å². The number of methoxy groups -OCH3 is 1. The molecule has 0 saturated carbocycles. The van der Waals surface area contributed by atoms with E-state index in [2.05, 4.69) is 31.0 Å². The summed E-state index contributed by atoms with van der Waals surface area (Å²) in [4.78, 5) is 2.60. The van der Waals surface area contributed by atoms with Gasteiger partial charge in [-0.25, -0.2) is 0 Å². The molecule has 0 aliphatic carbocycles. The van der Waals surface area contributed by atoms with E-state index in [4.69, 9.17) is 4.74 Å². The van der Waals surface area contributed by atoms with Gasteiger partial charge in [-0.3, -0.25) is 0 Å². The third-order valence-electron chi connectivity index (χ3n) is 3.93. The van der Waals surface area contributed by atoms with Crippen LogP contribution in [-0.2, 0) is 4.74 Å². The van der Waals surface area contributed by atoms with Crippen LogP contribution in [-0.4, -0.2) is 51.3 Å². The molecule has 1 aliphatic rings. The maximum Gasteiger partial charge on any atom is 0.0464 e. The molecular weight excluding hydrogens is 236 g/mol. The highest BCUT2D eigenvalue weighted by Crippen LogP contribution is 2.29. The lowest BCUT2D eigenvalue weighted by Crippen LogP contribution is -2.43. The highest BCUT2D eigenvalue weighted by molar-refractivity contribution is 4.72. The van der Waals surface area contributed by atoms with Crippen LogP contribution < -0.4 is 5.32 Å². The van der Waals surface area contributed by atoms with Gasteiger partial charge < -0.3 is 15.0 Å². The maximum absolute atomic E-state index is 5.26. The molecular formula is C16H34N2O. The van der Waals surface area contributed by atoms with Crippen molar-refractivity contribution >= 4 is 0 Å². The average Bonchev–Trinajstić information content (AvgIpc) is 2.35. The largest absolute Gasteiger partial charge is 0.385 e. The monoisotopic (exact) mass is 270 g/mol. The molecule has 0 aromatic carbocycles. The van der Waals surface area contributed by atoms with Gasteiger partial charge in [-0.1, -0.05) is 20.8 Å². The standard InChI is InChI=1S/C16H34N2O/c1-16(2,3)14-15(7-13-19-4)6-5-10-18-11-8-17-9-12-18/h15,17H,5-14H2,1-4H3/t15-/m1/s1. The topological polar surface area (TPSA) is 24.5 Å². The molecule has 1 rings (SSSR count). The van der Waals surface area contributed by atoms with E-state index in [0.29, 0.717) is 5.41 Å². The summed E-state index contributed by atoms with van der Waals surface area (Å²) < 4.78 is 5.26. The second-order valence-electron chi connectivity index (χ2n) is 7.15. The van der Waals surface area contributed by atoms with Crippen molar-refractivity contribution in [1.29, 1.82) is 0 Å². The summed E-state index contributed by atoms with van der Waals surface area (Å²) in [7, 11) is 1.81. The number of ether oxygens (including phenoxy) is 1. The number of hydrogen-bond acceptors (Lipinski definition) is 3. The fourth-order valence-electron chi connectivity index (χ4n) is 3.04. The Balaban J connectivity index is 2.22. The second kappa shape index (κ2) is 8.93. The minimum Gasteiger partial charge on any atom is -0.385 e. The fourth-order valence-corrected chi connectivity index (χ4v) is 3.04. The van der Waals surface area contributed by atoms with Gasteiger partial charge in [0.2, 0.25) is 0 Å². The molecule has 1 heterocycles. The smallest absolute Gasteiger partial charge is 0.0464 e. The first-order valence-corrected chi connectivity index (χ1v) is 7.93. The summed E-state index contributed by atoms with van der Waals surface area (Å²) in [6, 6.07) is 0. The first-order chi connectivity index (χ1) is 9.01. The average molecular weight is 270 g/mol. The van der Waals surface area contributed by atoms with Crippen LogP contribution in [0.25, 0.3) is 0 Å². The van der Waals surface area contributed by atoms with Crippen LogP contribution in [0.4, 0.5) is 0 Å². The SMILES string of the molecule is COCC[C@@H](CCCN1CCNCC1)CC(C)(C)C. The van der Waals surface area contributed by atoms with E-state index in [9.17, 15) is 0 Å². The predicted molar refractivity (Wildman–Crippen MR) is 82.6 cm³/mol. The van der Waals surface area contributed by atoms with Gasteiger partial charge >= 0.3 is 0 Å². The molecule has 1 saturated heterocycles. The molecule has 1 atom stereocenters. The van der Waals surface area contributed by atoms with Gasteiger partial charge in [0, 0.05) is 39.9 Å². The van der Waals surface area contributed by atoms with Crippen molar-refractivity contribution in [3.63, 3.8) is 0 Å². The van der Waals surface area contributed by atoms with Crippen molar-refractivity contribution in [2.75, 3.05) is 46.4 Å². The third kappa shape index (κ3) is 8.61. The first kappa shape index (κ1) is 16.9. The molecule has 0 radical (unpaired) electrons. The lowest BCUT2D eigenvalue weighted by atomic mass is 9.81. The van der Waals surface area contributed by atoms with E-state index in [1.807, 2.05) is 7.11 Å². The maximum atomic E-state index is 5.26. The number of nitrogens with one attached hydrogen (secondary N) is 1. The van der Waals surface area contributed by atoms with E-state index in [-0.39, 0.29) is 0 Å². The van der Waals surface area contributed by atoms with Gasteiger partial charge in [-0.05, 0) is 43.6 Å². The Labute approximate surface area is 120 Å². The third-order valence-corrected chi connectivity index (χ3v) is 3.93. The van der Waals surface area contributed by atoms with Gasteiger partial charge in [0.15, 0.2) is 0 Å². The van der Waals surface area contributed by atoms with Crippen LogP contribution in [0.3, 0.4) is 0 Å². The minimum absolute atomic E-state index is 0.438. The molecule has 1 fully saturated rings. The Morgan fingerprint density at radius 1 is 1.16 bits per heavy atom. The molecule has 0 aromatic heterocycles. The van der Waals surface area contributed by atoms with Gasteiger partial charge in [0.25, 0.3) is 0 Å². The molecule has 0 unspecified atom stereocenters. The second-order valence-corrected chi connectivity index (χ2v) is 7.15. The number of piperazine rings is 1. The van der Waals surface area contributed by atoms with Crippen LogP contribution in [0.15, 0.2) is 0 Å².